The Morgan fingerprint density at radius 1 is 0.518 bits per heavy atom. The van der Waals surface area contributed by atoms with E-state index in [2.05, 4.69) is 202 Å². The number of hydrogen-bond acceptors (Lipinski definition) is 2. The third kappa shape index (κ3) is 4.81. The first-order valence-electron chi connectivity index (χ1n) is 19.9. The van der Waals surface area contributed by atoms with Crippen molar-refractivity contribution in [3.05, 3.63) is 198 Å². The van der Waals surface area contributed by atoms with Crippen molar-refractivity contribution in [2.75, 3.05) is 4.90 Å². The molecule has 3 aliphatic carbocycles. The van der Waals surface area contributed by atoms with Gasteiger partial charge in [-0.3, -0.25) is 0 Å². The second-order valence-electron chi connectivity index (χ2n) is 16.9. The highest BCUT2D eigenvalue weighted by atomic mass is 16.3. The number of hydrogen-bond donors (Lipinski definition) is 0. The fraction of sp³-hybridized carbons (Fsp3) is 0.148. The Morgan fingerprint density at radius 2 is 1.14 bits per heavy atom. The number of fused-ring (bicyclic) bond motifs is 9. The van der Waals surface area contributed by atoms with Crippen molar-refractivity contribution >= 4 is 38.9 Å². The van der Waals surface area contributed by atoms with Crippen LogP contribution in [0.2, 0.25) is 0 Å². The molecule has 0 saturated heterocycles. The number of para-hydroxylation sites is 1. The van der Waals surface area contributed by atoms with Crippen molar-refractivity contribution in [1.82, 2.24) is 0 Å². The number of furan rings is 1. The minimum atomic E-state index is -0.103. The van der Waals surface area contributed by atoms with E-state index in [4.69, 9.17) is 4.42 Å². The zero-order chi connectivity index (χ0) is 37.8. The topological polar surface area (TPSA) is 16.4 Å². The average molecular weight is 722 g/mol. The van der Waals surface area contributed by atoms with Crippen LogP contribution in [0.25, 0.3) is 60.9 Å². The molecule has 56 heavy (non-hydrogen) atoms. The zero-order valence-electron chi connectivity index (χ0n) is 32.3. The van der Waals surface area contributed by atoms with Crippen LogP contribution >= 0.6 is 0 Å². The lowest BCUT2D eigenvalue weighted by Gasteiger charge is -2.34. The summed E-state index contributed by atoms with van der Waals surface area (Å²) in [6.07, 6.45) is 7.94. The minimum Gasteiger partial charge on any atom is -0.454 e. The van der Waals surface area contributed by atoms with Crippen LogP contribution < -0.4 is 4.90 Å². The summed E-state index contributed by atoms with van der Waals surface area (Å²) in [5, 5.41) is 2.27. The Morgan fingerprint density at radius 3 is 1.86 bits per heavy atom. The molecule has 0 fully saturated rings. The highest BCUT2D eigenvalue weighted by Crippen LogP contribution is 2.52. The average Bonchev–Trinajstić information content (AvgIpc) is 3.81. The van der Waals surface area contributed by atoms with Gasteiger partial charge >= 0.3 is 0 Å². The minimum absolute atomic E-state index is 0.0487. The number of allylic oxidation sites excluding steroid dienone is 2. The number of rotatable bonds is 5. The molecule has 1 heterocycles. The van der Waals surface area contributed by atoms with E-state index in [-0.39, 0.29) is 16.9 Å². The molecule has 0 bridgehead atoms. The third-order valence-corrected chi connectivity index (χ3v) is 13.0. The predicted octanol–water partition coefficient (Wildman–Crippen LogP) is 14.4. The van der Waals surface area contributed by atoms with E-state index < -0.39 is 0 Å². The Hall–Kier alpha value is -6.38. The molecule has 1 atom stereocenters. The van der Waals surface area contributed by atoms with Gasteiger partial charge in [-0.15, -0.1) is 0 Å². The normalized spacial score (nSPS) is 17.0. The molecule has 0 N–H and O–H groups in total. The van der Waals surface area contributed by atoms with Crippen LogP contribution in [0, 0.1) is 0 Å². The van der Waals surface area contributed by atoms with Crippen LogP contribution in [0.5, 0.6) is 0 Å². The summed E-state index contributed by atoms with van der Waals surface area (Å²) in [6, 6.07) is 56.0. The molecule has 0 amide bonds. The molecular weight excluding hydrogens is 679 g/mol. The molecule has 0 radical (unpaired) electrons. The standard InChI is InChI=1S/C54H43NO/c1-53(2)46-18-10-8-15-40(46)42-28-23-37(32-48(42)53)36-24-30-51-45(31-36)44-17-12-20-50(52(44)56-51)55(38-25-21-35(22-26-38)34-13-6-5-7-14-34)39-27-29-43-41-16-9-11-19-47(41)54(3,4)49(43)33-39/h5-25,27-33,38H,26H2,1-4H3. The zero-order valence-corrected chi connectivity index (χ0v) is 32.3. The fourth-order valence-electron chi connectivity index (χ4n) is 10.0. The Kier molecular flexibility index (Phi) is 7.11. The van der Waals surface area contributed by atoms with Crippen LogP contribution in [0.4, 0.5) is 11.4 Å². The van der Waals surface area contributed by atoms with Gasteiger partial charge in [-0.2, -0.15) is 0 Å². The molecule has 2 nitrogen and oxygen atoms in total. The molecule has 3 aliphatic rings. The smallest absolute Gasteiger partial charge is 0.159 e. The summed E-state index contributed by atoms with van der Waals surface area (Å²) >= 11 is 0. The van der Waals surface area contributed by atoms with E-state index in [0.717, 1.165) is 34.0 Å². The molecule has 7 aromatic carbocycles. The third-order valence-electron chi connectivity index (χ3n) is 13.0. The number of anilines is 2. The second kappa shape index (κ2) is 12.1. The molecular formula is C54H43NO. The van der Waals surface area contributed by atoms with E-state index in [0.29, 0.717) is 0 Å². The highest BCUT2D eigenvalue weighted by molar-refractivity contribution is 6.11. The Bertz CT molecular complexity index is 2950. The molecule has 8 aromatic rings. The summed E-state index contributed by atoms with van der Waals surface area (Å²) in [6.45, 7) is 9.42. The Labute approximate surface area is 329 Å². The predicted molar refractivity (Wildman–Crippen MR) is 235 cm³/mol. The lowest BCUT2D eigenvalue weighted by Crippen LogP contribution is -2.30. The molecule has 2 heteroatoms. The highest BCUT2D eigenvalue weighted by Gasteiger charge is 2.37. The Balaban J connectivity index is 1.04. The number of nitrogens with zero attached hydrogens (tertiary/aromatic N) is 1. The van der Waals surface area contributed by atoms with Crippen molar-refractivity contribution in [2.24, 2.45) is 0 Å². The SMILES string of the molecule is CC1(C)c2ccccc2-c2ccc(-c3ccc4oc5c(N(c6ccc7c(c6)C(C)(C)c6ccccc6-7)C6C=CC(c7ccccc7)=CC6)cccc5c4c3)cc21. The van der Waals surface area contributed by atoms with Crippen LogP contribution in [0.15, 0.2) is 174 Å². The maximum atomic E-state index is 6.91. The van der Waals surface area contributed by atoms with E-state index >= 15 is 0 Å². The van der Waals surface area contributed by atoms with Crippen LogP contribution in [-0.2, 0) is 10.8 Å². The van der Waals surface area contributed by atoms with Gasteiger partial charge in [0.2, 0.25) is 0 Å². The van der Waals surface area contributed by atoms with Gasteiger partial charge in [0.05, 0.1) is 11.7 Å². The number of benzene rings is 7. The maximum absolute atomic E-state index is 6.91. The molecule has 0 saturated carbocycles. The molecule has 1 unspecified atom stereocenters. The molecule has 1 aromatic heterocycles. The maximum Gasteiger partial charge on any atom is 0.159 e. The largest absolute Gasteiger partial charge is 0.454 e. The van der Waals surface area contributed by atoms with Gasteiger partial charge in [0.25, 0.3) is 0 Å². The van der Waals surface area contributed by atoms with Crippen molar-refractivity contribution in [1.29, 1.82) is 0 Å². The monoisotopic (exact) mass is 721 g/mol. The fourth-order valence-corrected chi connectivity index (χ4v) is 10.0. The first-order chi connectivity index (χ1) is 27.3. The van der Waals surface area contributed by atoms with Crippen molar-refractivity contribution < 1.29 is 4.42 Å². The van der Waals surface area contributed by atoms with Gasteiger partial charge < -0.3 is 9.32 Å². The van der Waals surface area contributed by atoms with Crippen molar-refractivity contribution in [2.45, 2.75) is 51.0 Å². The quantitative estimate of drug-likeness (QED) is 0.176. The van der Waals surface area contributed by atoms with E-state index in [1.54, 1.807) is 0 Å². The molecule has 270 valence electrons. The van der Waals surface area contributed by atoms with Gasteiger partial charge in [-0.05, 0) is 110 Å². The van der Waals surface area contributed by atoms with Gasteiger partial charge in [-0.25, -0.2) is 0 Å². The molecule has 0 aliphatic heterocycles. The second-order valence-corrected chi connectivity index (χ2v) is 16.9. The van der Waals surface area contributed by atoms with E-state index in [1.165, 1.54) is 72.5 Å². The lowest BCUT2D eigenvalue weighted by molar-refractivity contribution is 0.658. The van der Waals surface area contributed by atoms with Gasteiger partial charge in [0.1, 0.15) is 5.58 Å². The summed E-state index contributed by atoms with van der Waals surface area (Å²) in [7, 11) is 0. The van der Waals surface area contributed by atoms with E-state index in [9.17, 15) is 0 Å². The van der Waals surface area contributed by atoms with Crippen LogP contribution in [-0.4, -0.2) is 6.04 Å². The van der Waals surface area contributed by atoms with Gasteiger partial charge in [-0.1, -0.05) is 161 Å². The first-order valence-corrected chi connectivity index (χ1v) is 19.9. The van der Waals surface area contributed by atoms with Crippen molar-refractivity contribution in [3.63, 3.8) is 0 Å². The summed E-state index contributed by atoms with van der Waals surface area (Å²) in [4.78, 5) is 2.51. The summed E-state index contributed by atoms with van der Waals surface area (Å²) in [5.74, 6) is 0. The summed E-state index contributed by atoms with van der Waals surface area (Å²) < 4.78 is 6.91. The van der Waals surface area contributed by atoms with Crippen LogP contribution in [0.3, 0.4) is 0 Å². The summed E-state index contributed by atoms with van der Waals surface area (Å²) in [5.41, 5.74) is 19.8. The first kappa shape index (κ1) is 33.0. The molecule has 11 rings (SSSR count). The molecule has 0 spiro atoms. The van der Waals surface area contributed by atoms with Gasteiger partial charge in [0.15, 0.2) is 5.58 Å². The lowest BCUT2D eigenvalue weighted by atomic mass is 9.81. The van der Waals surface area contributed by atoms with Gasteiger partial charge in [0, 0.05) is 27.3 Å². The van der Waals surface area contributed by atoms with Crippen LogP contribution in [0.1, 0.15) is 61.9 Å². The van der Waals surface area contributed by atoms with E-state index in [1.807, 2.05) is 0 Å². The van der Waals surface area contributed by atoms with Crippen molar-refractivity contribution in [3.8, 4) is 33.4 Å².